The number of aromatic nitrogens is 1. The smallest absolute Gasteiger partial charge is 0.0641 e. The lowest BCUT2D eigenvalue weighted by Gasteiger charge is -2.14. The van der Waals surface area contributed by atoms with Crippen LogP contribution in [0.3, 0.4) is 0 Å². The minimum absolute atomic E-state index is 0.395. The van der Waals surface area contributed by atoms with Crippen LogP contribution in [0.4, 0.5) is 0 Å². The summed E-state index contributed by atoms with van der Waals surface area (Å²) in [7, 11) is 3.70. The van der Waals surface area contributed by atoms with Gasteiger partial charge in [-0.1, -0.05) is 0 Å². The van der Waals surface area contributed by atoms with Crippen molar-refractivity contribution in [3.8, 4) is 0 Å². The van der Waals surface area contributed by atoms with Crippen LogP contribution in [-0.2, 0) is 11.3 Å². The fourth-order valence-electron chi connectivity index (χ4n) is 1.36. The third-order valence-electron chi connectivity index (χ3n) is 2.28. The molecule has 1 N–H and O–H groups in total. The van der Waals surface area contributed by atoms with Gasteiger partial charge >= 0.3 is 0 Å². The highest BCUT2D eigenvalue weighted by atomic mass is 16.5. The maximum absolute atomic E-state index is 5.04. The zero-order valence-electron chi connectivity index (χ0n) is 8.58. The van der Waals surface area contributed by atoms with Crippen molar-refractivity contribution in [2.45, 2.75) is 19.5 Å². The van der Waals surface area contributed by atoms with Crippen molar-refractivity contribution in [3.05, 3.63) is 24.0 Å². The van der Waals surface area contributed by atoms with Crippen molar-refractivity contribution in [2.75, 3.05) is 20.8 Å². The molecule has 3 heteroatoms. The summed E-state index contributed by atoms with van der Waals surface area (Å²) in [6, 6.07) is 4.60. The topological polar surface area (TPSA) is 26.2 Å². The largest absolute Gasteiger partial charge is 0.383 e. The molecule has 0 aromatic carbocycles. The zero-order chi connectivity index (χ0) is 9.68. The molecule has 1 heterocycles. The molecule has 13 heavy (non-hydrogen) atoms. The van der Waals surface area contributed by atoms with E-state index in [1.165, 1.54) is 5.69 Å². The lowest BCUT2D eigenvalue weighted by Crippen LogP contribution is -2.17. The lowest BCUT2D eigenvalue weighted by molar-refractivity contribution is 0.186. The van der Waals surface area contributed by atoms with Crippen LogP contribution in [0, 0.1) is 0 Å². The first-order valence-electron chi connectivity index (χ1n) is 4.60. The number of hydrogen-bond acceptors (Lipinski definition) is 2. The van der Waals surface area contributed by atoms with E-state index in [0.717, 1.165) is 13.2 Å². The van der Waals surface area contributed by atoms with Crippen LogP contribution >= 0.6 is 0 Å². The molecule has 0 aliphatic carbocycles. The molecule has 0 amide bonds. The van der Waals surface area contributed by atoms with Gasteiger partial charge in [0.1, 0.15) is 0 Å². The molecule has 0 bridgehead atoms. The molecule has 3 nitrogen and oxygen atoms in total. The van der Waals surface area contributed by atoms with E-state index in [9.17, 15) is 0 Å². The van der Waals surface area contributed by atoms with Gasteiger partial charge in [0.05, 0.1) is 6.61 Å². The van der Waals surface area contributed by atoms with Crippen LogP contribution < -0.4 is 5.32 Å². The van der Waals surface area contributed by atoms with Crippen LogP contribution in [0.1, 0.15) is 18.7 Å². The summed E-state index contributed by atoms with van der Waals surface area (Å²) in [5.41, 5.74) is 1.31. The van der Waals surface area contributed by atoms with Gasteiger partial charge in [-0.25, -0.2) is 0 Å². The van der Waals surface area contributed by atoms with Crippen LogP contribution in [0.5, 0.6) is 0 Å². The average molecular weight is 182 g/mol. The lowest BCUT2D eigenvalue weighted by atomic mass is 10.2. The molecule has 0 saturated carbocycles. The first-order chi connectivity index (χ1) is 6.29. The maximum Gasteiger partial charge on any atom is 0.0641 e. The van der Waals surface area contributed by atoms with Crippen molar-refractivity contribution in [1.82, 2.24) is 9.88 Å². The monoisotopic (exact) mass is 182 g/mol. The fraction of sp³-hybridized carbons (Fsp3) is 0.600. The Kier molecular flexibility index (Phi) is 3.99. The number of rotatable bonds is 5. The minimum Gasteiger partial charge on any atom is -0.383 e. The van der Waals surface area contributed by atoms with Crippen molar-refractivity contribution < 1.29 is 4.74 Å². The maximum atomic E-state index is 5.04. The van der Waals surface area contributed by atoms with Gasteiger partial charge in [0.15, 0.2) is 0 Å². The Morgan fingerprint density at radius 3 is 3.00 bits per heavy atom. The van der Waals surface area contributed by atoms with Crippen molar-refractivity contribution in [2.24, 2.45) is 0 Å². The van der Waals surface area contributed by atoms with Crippen LogP contribution in [0.15, 0.2) is 18.3 Å². The second kappa shape index (κ2) is 5.04. The summed E-state index contributed by atoms with van der Waals surface area (Å²) < 4.78 is 7.26. The van der Waals surface area contributed by atoms with Gasteiger partial charge in [0.2, 0.25) is 0 Å². The normalized spacial score (nSPS) is 13.2. The SMILES string of the molecule is CNC(C)c1cccn1CCOC. The Labute approximate surface area is 79.7 Å². The van der Waals surface area contributed by atoms with Gasteiger partial charge in [-0.3, -0.25) is 0 Å². The molecule has 1 atom stereocenters. The van der Waals surface area contributed by atoms with E-state index < -0.39 is 0 Å². The third-order valence-corrected chi connectivity index (χ3v) is 2.28. The Morgan fingerprint density at radius 1 is 1.62 bits per heavy atom. The zero-order valence-corrected chi connectivity index (χ0v) is 8.58. The Balaban J connectivity index is 2.65. The molecule has 0 radical (unpaired) electrons. The van der Waals surface area contributed by atoms with Crippen LogP contribution in [0.25, 0.3) is 0 Å². The molecule has 74 valence electrons. The number of methoxy groups -OCH3 is 1. The van der Waals surface area contributed by atoms with E-state index in [1.54, 1.807) is 7.11 Å². The Morgan fingerprint density at radius 2 is 2.38 bits per heavy atom. The molecule has 0 aliphatic rings. The van der Waals surface area contributed by atoms with Crippen molar-refractivity contribution >= 4 is 0 Å². The average Bonchev–Trinajstić information content (AvgIpc) is 2.61. The minimum atomic E-state index is 0.395. The summed E-state index contributed by atoms with van der Waals surface area (Å²) in [4.78, 5) is 0. The number of nitrogens with one attached hydrogen (secondary N) is 1. The number of ether oxygens (including phenoxy) is 1. The first kappa shape index (κ1) is 10.3. The molecule has 1 aromatic heterocycles. The molecule has 0 saturated heterocycles. The predicted octanol–water partition coefficient (Wildman–Crippen LogP) is 1.41. The standard InChI is InChI=1S/C10H18N2O/c1-9(11-2)10-5-4-6-12(10)7-8-13-3/h4-6,9,11H,7-8H2,1-3H3. The highest BCUT2D eigenvalue weighted by Crippen LogP contribution is 2.12. The summed E-state index contributed by atoms with van der Waals surface area (Å²) in [5, 5.41) is 3.22. The molecule has 1 rings (SSSR count). The van der Waals surface area contributed by atoms with Gasteiger partial charge in [0.25, 0.3) is 0 Å². The molecule has 0 fully saturated rings. The molecule has 1 aromatic rings. The second-order valence-corrected chi connectivity index (χ2v) is 3.13. The first-order valence-corrected chi connectivity index (χ1v) is 4.60. The number of hydrogen-bond donors (Lipinski definition) is 1. The van der Waals surface area contributed by atoms with E-state index in [2.05, 4.69) is 35.1 Å². The number of nitrogens with zero attached hydrogens (tertiary/aromatic N) is 1. The van der Waals surface area contributed by atoms with Crippen LogP contribution in [-0.4, -0.2) is 25.3 Å². The molecule has 0 aliphatic heterocycles. The second-order valence-electron chi connectivity index (χ2n) is 3.13. The molecular weight excluding hydrogens is 164 g/mol. The predicted molar refractivity (Wildman–Crippen MR) is 53.8 cm³/mol. The van der Waals surface area contributed by atoms with Crippen LogP contribution in [0.2, 0.25) is 0 Å². The van der Waals surface area contributed by atoms with Gasteiger partial charge in [0, 0.05) is 31.6 Å². The highest BCUT2D eigenvalue weighted by molar-refractivity contribution is 5.11. The Hall–Kier alpha value is -0.800. The summed E-state index contributed by atoms with van der Waals surface area (Å²) >= 11 is 0. The quantitative estimate of drug-likeness (QED) is 0.745. The summed E-state index contributed by atoms with van der Waals surface area (Å²) in [6.07, 6.45) is 2.09. The van der Waals surface area contributed by atoms with Gasteiger partial charge in [-0.15, -0.1) is 0 Å². The van der Waals surface area contributed by atoms with Crippen molar-refractivity contribution in [1.29, 1.82) is 0 Å². The van der Waals surface area contributed by atoms with Gasteiger partial charge < -0.3 is 14.6 Å². The van der Waals surface area contributed by atoms with E-state index >= 15 is 0 Å². The van der Waals surface area contributed by atoms with Crippen molar-refractivity contribution in [3.63, 3.8) is 0 Å². The van der Waals surface area contributed by atoms with E-state index in [0.29, 0.717) is 6.04 Å². The van der Waals surface area contributed by atoms with Gasteiger partial charge in [-0.05, 0) is 26.1 Å². The van der Waals surface area contributed by atoms with E-state index in [-0.39, 0.29) is 0 Å². The molecular formula is C10H18N2O. The van der Waals surface area contributed by atoms with E-state index in [1.807, 2.05) is 7.05 Å². The van der Waals surface area contributed by atoms with E-state index in [4.69, 9.17) is 4.74 Å². The fourth-order valence-corrected chi connectivity index (χ4v) is 1.36. The molecule has 0 spiro atoms. The highest BCUT2D eigenvalue weighted by Gasteiger charge is 2.06. The summed E-state index contributed by atoms with van der Waals surface area (Å²) in [6.45, 7) is 3.83. The summed E-state index contributed by atoms with van der Waals surface area (Å²) in [5.74, 6) is 0. The molecule has 1 unspecified atom stereocenters. The third kappa shape index (κ3) is 2.57. The Bertz CT molecular complexity index is 245. The van der Waals surface area contributed by atoms with Gasteiger partial charge in [-0.2, -0.15) is 0 Å².